The lowest BCUT2D eigenvalue weighted by atomic mass is 10.0. The van der Waals surface area contributed by atoms with Crippen LogP contribution >= 0.6 is 0 Å². The van der Waals surface area contributed by atoms with Gasteiger partial charge in [-0.3, -0.25) is 4.90 Å². The number of rotatable bonds is 19. The van der Waals surface area contributed by atoms with Crippen LogP contribution in [0.25, 0.3) is 0 Å². The molecule has 2 rings (SSSR count). The van der Waals surface area contributed by atoms with E-state index in [0.717, 1.165) is 13.1 Å². The van der Waals surface area contributed by atoms with Crippen LogP contribution in [0.15, 0.2) is 73.3 Å². The third-order valence-corrected chi connectivity index (χ3v) is 6.13. The monoisotopic (exact) mass is 419 g/mol. The fraction of sp³-hybridized carbons (Fsp3) is 0.533. The largest absolute Gasteiger partial charge is 0.295 e. The van der Waals surface area contributed by atoms with Crippen LogP contribution in [-0.2, 0) is 13.1 Å². The molecule has 31 heavy (non-hydrogen) atoms. The van der Waals surface area contributed by atoms with Crippen molar-refractivity contribution in [1.82, 2.24) is 4.90 Å². The summed E-state index contributed by atoms with van der Waals surface area (Å²) in [5.74, 6) is 0. The molecule has 0 aliphatic heterocycles. The van der Waals surface area contributed by atoms with Crippen molar-refractivity contribution in [2.45, 2.75) is 96.6 Å². The number of nitrogens with zero attached hydrogens (tertiary/aromatic N) is 1. The number of hydrogen-bond acceptors (Lipinski definition) is 1. The van der Waals surface area contributed by atoms with Crippen LogP contribution in [0.3, 0.4) is 0 Å². The predicted octanol–water partition coefficient (Wildman–Crippen LogP) is 8.95. The van der Waals surface area contributed by atoms with E-state index in [0.29, 0.717) is 0 Å². The van der Waals surface area contributed by atoms with Crippen LogP contribution in [0, 0.1) is 0 Å². The Kier molecular flexibility index (Phi) is 14.6. The van der Waals surface area contributed by atoms with E-state index in [1.54, 1.807) is 0 Å². The second-order valence-electron chi connectivity index (χ2n) is 9.00. The van der Waals surface area contributed by atoms with Crippen LogP contribution in [-0.4, -0.2) is 11.4 Å². The van der Waals surface area contributed by atoms with Crippen molar-refractivity contribution in [3.8, 4) is 0 Å². The summed E-state index contributed by atoms with van der Waals surface area (Å²) >= 11 is 0. The van der Waals surface area contributed by atoms with Crippen LogP contribution in [0.4, 0.5) is 0 Å². The first-order chi connectivity index (χ1) is 15.4. The van der Waals surface area contributed by atoms with Crippen molar-refractivity contribution >= 4 is 0 Å². The fourth-order valence-corrected chi connectivity index (χ4v) is 4.29. The smallest absolute Gasteiger partial charge is 0.0237 e. The molecule has 0 saturated carbocycles. The van der Waals surface area contributed by atoms with Gasteiger partial charge in [0, 0.05) is 13.1 Å². The van der Waals surface area contributed by atoms with Crippen LogP contribution in [0.5, 0.6) is 0 Å². The van der Waals surface area contributed by atoms with Crippen molar-refractivity contribution in [2.75, 3.05) is 6.54 Å². The molecule has 1 heteroatoms. The Hall–Kier alpha value is -1.86. The van der Waals surface area contributed by atoms with Gasteiger partial charge in [0.25, 0.3) is 0 Å². The van der Waals surface area contributed by atoms with Gasteiger partial charge in [-0.15, -0.1) is 6.58 Å². The molecule has 0 aliphatic carbocycles. The number of unbranched alkanes of at least 4 members (excludes halogenated alkanes) is 12. The highest BCUT2D eigenvalue weighted by Crippen LogP contribution is 2.14. The average Bonchev–Trinajstić information content (AvgIpc) is 2.80. The summed E-state index contributed by atoms with van der Waals surface area (Å²) < 4.78 is 0. The number of benzene rings is 2. The minimum absolute atomic E-state index is 1.04. The maximum absolute atomic E-state index is 3.79. The zero-order valence-electron chi connectivity index (χ0n) is 19.8. The molecule has 1 nitrogen and oxygen atoms in total. The van der Waals surface area contributed by atoms with Crippen LogP contribution < -0.4 is 0 Å². The van der Waals surface area contributed by atoms with E-state index in [1.165, 1.54) is 101 Å². The Bertz CT molecular complexity index is 607. The molecule has 0 aliphatic rings. The van der Waals surface area contributed by atoms with Gasteiger partial charge >= 0.3 is 0 Å². The highest BCUT2D eigenvalue weighted by Gasteiger charge is 2.07. The Morgan fingerprint density at radius 3 is 1.32 bits per heavy atom. The first kappa shape index (κ1) is 25.4. The van der Waals surface area contributed by atoms with Gasteiger partial charge in [-0.25, -0.2) is 0 Å². The Morgan fingerprint density at radius 1 is 0.516 bits per heavy atom. The van der Waals surface area contributed by atoms with Gasteiger partial charge in [-0.1, -0.05) is 131 Å². The lowest BCUT2D eigenvalue weighted by Gasteiger charge is -2.22. The fourth-order valence-electron chi connectivity index (χ4n) is 4.29. The van der Waals surface area contributed by atoms with E-state index >= 15 is 0 Å². The Morgan fingerprint density at radius 2 is 0.903 bits per heavy atom. The molecule has 0 saturated heterocycles. The average molecular weight is 420 g/mol. The number of allylic oxidation sites excluding steroid dienone is 1. The second-order valence-corrected chi connectivity index (χ2v) is 9.00. The van der Waals surface area contributed by atoms with E-state index < -0.39 is 0 Å². The summed E-state index contributed by atoms with van der Waals surface area (Å²) in [6.07, 6.45) is 20.0. The first-order valence-corrected chi connectivity index (χ1v) is 12.8. The lowest BCUT2D eigenvalue weighted by molar-refractivity contribution is 0.250. The van der Waals surface area contributed by atoms with E-state index in [-0.39, 0.29) is 0 Å². The molecule has 0 fully saturated rings. The van der Waals surface area contributed by atoms with Crippen LogP contribution in [0.2, 0.25) is 0 Å². The Labute approximate surface area is 192 Å². The molecule has 0 radical (unpaired) electrons. The van der Waals surface area contributed by atoms with Crippen molar-refractivity contribution < 1.29 is 0 Å². The molecule has 0 amide bonds. The molecular weight excluding hydrogens is 374 g/mol. The SMILES string of the molecule is C=CCCCCCCCCCCCCCCN(Cc1ccccc1)Cc1ccccc1. The maximum Gasteiger partial charge on any atom is 0.0237 e. The topological polar surface area (TPSA) is 3.24 Å². The summed E-state index contributed by atoms with van der Waals surface area (Å²) in [5.41, 5.74) is 2.83. The van der Waals surface area contributed by atoms with Gasteiger partial charge in [-0.05, 0) is 36.9 Å². The molecule has 0 atom stereocenters. The predicted molar refractivity (Wildman–Crippen MR) is 137 cm³/mol. The summed E-state index contributed by atoms with van der Waals surface area (Å²) in [7, 11) is 0. The van der Waals surface area contributed by atoms with Crippen molar-refractivity contribution in [3.05, 3.63) is 84.4 Å². The van der Waals surface area contributed by atoms with E-state index in [4.69, 9.17) is 0 Å². The molecule has 0 N–H and O–H groups in total. The summed E-state index contributed by atoms with van der Waals surface area (Å²) in [6, 6.07) is 21.8. The van der Waals surface area contributed by atoms with Crippen LogP contribution in [0.1, 0.15) is 94.6 Å². The normalized spacial score (nSPS) is 11.1. The summed E-state index contributed by atoms with van der Waals surface area (Å²) in [5, 5.41) is 0. The number of hydrogen-bond donors (Lipinski definition) is 0. The molecule has 0 bridgehead atoms. The van der Waals surface area contributed by atoms with Gasteiger partial charge in [0.1, 0.15) is 0 Å². The highest BCUT2D eigenvalue weighted by atomic mass is 15.1. The van der Waals surface area contributed by atoms with Gasteiger partial charge in [0.15, 0.2) is 0 Å². The first-order valence-electron chi connectivity index (χ1n) is 12.8. The van der Waals surface area contributed by atoms with Gasteiger partial charge in [-0.2, -0.15) is 0 Å². The molecule has 0 spiro atoms. The van der Waals surface area contributed by atoms with Gasteiger partial charge < -0.3 is 0 Å². The molecule has 2 aromatic carbocycles. The standard InChI is InChI=1S/C30H45N/c1-2-3-4-5-6-7-8-9-10-11-12-13-14-21-26-31(27-29-22-17-15-18-23-29)28-30-24-19-16-20-25-30/h2,15-20,22-25H,1,3-14,21,26-28H2. The van der Waals surface area contributed by atoms with Gasteiger partial charge in [0.2, 0.25) is 0 Å². The molecule has 0 aromatic heterocycles. The van der Waals surface area contributed by atoms with Crippen molar-refractivity contribution in [3.63, 3.8) is 0 Å². The zero-order chi connectivity index (χ0) is 21.8. The zero-order valence-corrected chi connectivity index (χ0v) is 19.8. The minimum atomic E-state index is 1.04. The molecule has 2 aromatic rings. The quantitative estimate of drug-likeness (QED) is 0.162. The highest BCUT2D eigenvalue weighted by molar-refractivity contribution is 5.17. The molecule has 0 heterocycles. The lowest BCUT2D eigenvalue weighted by Crippen LogP contribution is -2.24. The van der Waals surface area contributed by atoms with Gasteiger partial charge in [0.05, 0.1) is 0 Å². The summed E-state index contributed by atoms with van der Waals surface area (Å²) in [6.45, 7) is 7.07. The van der Waals surface area contributed by atoms with E-state index in [2.05, 4.69) is 72.1 Å². The molecule has 170 valence electrons. The van der Waals surface area contributed by atoms with E-state index in [1.807, 2.05) is 6.08 Å². The third-order valence-electron chi connectivity index (χ3n) is 6.13. The third kappa shape index (κ3) is 13.2. The molecular formula is C30H45N. The molecule has 0 unspecified atom stereocenters. The Balaban J connectivity index is 1.53. The van der Waals surface area contributed by atoms with Crippen molar-refractivity contribution in [2.24, 2.45) is 0 Å². The maximum atomic E-state index is 3.79. The second kappa shape index (κ2) is 17.8. The minimum Gasteiger partial charge on any atom is -0.295 e. The van der Waals surface area contributed by atoms with E-state index in [9.17, 15) is 0 Å². The summed E-state index contributed by atoms with van der Waals surface area (Å²) in [4.78, 5) is 2.61. The van der Waals surface area contributed by atoms with Crippen molar-refractivity contribution in [1.29, 1.82) is 0 Å².